The Morgan fingerprint density at radius 3 is 2.89 bits per heavy atom. The minimum absolute atomic E-state index is 0.221. The Balaban J connectivity index is 1.89. The van der Waals surface area contributed by atoms with E-state index in [4.69, 9.17) is 5.73 Å². The number of benzene rings is 2. The molecular formula is C15H14BrFN2. The van der Waals surface area contributed by atoms with E-state index in [2.05, 4.69) is 26.9 Å². The van der Waals surface area contributed by atoms with E-state index in [-0.39, 0.29) is 5.82 Å². The van der Waals surface area contributed by atoms with E-state index in [1.54, 1.807) is 0 Å². The number of nitrogens with two attached hydrogens (primary N) is 1. The highest BCUT2D eigenvalue weighted by Crippen LogP contribution is 2.34. The van der Waals surface area contributed by atoms with Crippen molar-refractivity contribution in [2.45, 2.75) is 13.0 Å². The van der Waals surface area contributed by atoms with Gasteiger partial charge in [-0.25, -0.2) is 4.39 Å². The second kappa shape index (κ2) is 4.85. The first kappa shape index (κ1) is 12.5. The number of nitrogens with zero attached hydrogens (tertiary/aromatic N) is 1. The van der Waals surface area contributed by atoms with Crippen molar-refractivity contribution in [3.05, 3.63) is 57.8 Å². The first-order valence-corrected chi connectivity index (χ1v) is 7.00. The number of rotatable bonds is 2. The highest BCUT2D eigenvalue weighted by Gasteiger charge is 2.21. The van der Waals surface area contributed by atoms with Crippen LogP contribution in [0.5, 0.6) is 0 Å². The average Bonchev–Trinajstić information content (AvgIpc) is 2.78. The SMILES string of the molecule is Nc1cccc2c1CCN2Cc1ccc(F)cc1Br. The van der Waals surface area contributed by atoms with Gasteiger partial charge in [-0.05, 0) is 36.2 Å². The molecule has 98 valence electrons. The van der Waals surface area contributed by atoms with Gasteiger partial charge in [-0.2, -0.15) is 0 Å². The van der Waals surface area contributed by atoms with Gasteiger partial charge in [0.05, 0.1) is 0 Å². The molecular weight excluding hydrogens is 307 g/mol. The number of hydrogen-bond acceptors (Lipinski definition) is 2. The third kappa shape index (κ3) is 2.32. The Morgan fingerprint density at radius 2 is 2.11 bits per heavy atom. The first-order valence-electron chi connectivity index (χ1n) is 6.21. The number of anilines is 2. The van der Waals surface area contributed by atoms with E-state index >= 15 is 0 Å². The van der Waals surface area contributed by atoms with Gasteiger partial charge in [0.15, 0.2) is 0 Å². The molecule has 2 aromatic carbocycles. The lowest BCUT2D eigenvalue weighted by atomic mass is 10.1. The quantitative estimate of drug-likeness (QED) is 0.854. The molecule has 0 saturated carbocycles. The highest BCUT2D eigenvalue weighted by atomic mass is 79.9. The van der Waals surface area contributed by atoms with Crippen molar-refractivity contribution in [3.8, 4) is 0 Å². The third-order valence-electron chi connectivity index (χ3n) is 3.54. The molecule has 1 aliphatic rings. The summed E-state index contributed by atoms with van der Waals surface area (Å²) in [5, 5.41) is 0. The van der Waals surface area contributed by atoms with Crippen LogP contribution in [0.1, 0.15) is 11.1 Å². The number of halogens is 2. The summed E-state index contributed by atoms with van der Waals surface area (Å²) in [5.74, 6) is -0.221. The number of fused-ring (bicyclic) bond motifs is 1. The largest absolute Gasteiger partial charge is 0.398 e. The van der Waals surface area contributed by atoms with Gasteiger partial charge in [0.2, 0.25) is 0 Å². The normalized spacial score (nSPS) is 13.7. The fourth-order valence-corrected chi connectivity index (χ4v) is 3.02. The van der Waals surface area contributed by atoms with Crippen LogP contribution in [0, 0.1) is 5.82 Å². The topological polar surface area (TPSA) is 29.3 Å². The first-order chi connectivity index (χ1) is 9.15. The van der Waals surface area contributed by atoms with Crippen LogP contribution in [-0.2, 0) is 13.0 Å². The minimum atomic E-state index is -0.221. The fraction of sp³-hybridized carbons (Fsp3) is 0.200. The average molecular weight is 321 g/mol. The molecule has 2 N–H and O–H groups in total. The molecule has 0 spiro atoms. The monoisotopic (exact) mass is 320 g/mol. The predicted octanol–water partition coefficient (Wildman–Crippen LogP) is 3.73. The van der Waals surface area contributed by atoms with Crippen molar-refractivity contribution in [1.29, 1.82) is 0 Å². The van der Waals surface area contributed by atoms with Crippen LogP contribution in [0.15, 0.2) is 40.9 Å². The molecule has 1 heterocycles. The summed E-state index contributed by atoms with van der Waals surface area (Å²) in [5.41, 5.74) is 10.3. The standard InChI is InChI=1S/C15H14BrFN2/c16-13-8-11(17)5-4-10(13)9-19-7-6-12-14(18)2-1-3-15(12)19/h1-5,8H,6-7,9,18H2. The lowest BCUT2D eigenvalue weighted by Crippen LogP contribution is -2.19. The molecule has 3 rings (SSSR count). The van der Waals surface area contributed by atoms with Crippen LogP contribution < -0.4 is 10.6 Å². The molecule has 2 aromatic rings. The van der Waals surface area contributed by atoms with E-state index in [1.807, 2.05) is 18.2 Å². The van der Waals surface area contributed by atoms with E-state index in [0.717, 1.165) is 35.2 Å². The maximum atomic E-state index is 13.1. The zero-order valence-corrected chi connectivity index (χ0v) is 12.0. The molecule has 19 heavy (non-hydrogen) atoms. The van der Waals surface area contributed by atoms with Crippen molar-refractivity contribution in [3.63, 3.8) is 0 Å². The summed E-state index contributed by atoms with van der Waals surface area (Å²) in [6.07, 6.45) is 0.973. The fourth-order valence-electron chi connectivity index (χ4n) is 2.55. The second-order valence-electron chi connectivity index (χ2n) is 4.75. The molecule has 0 saturated heterocycles. The molecule has 1 aliphatic heterocycles. The Kier molecular flexibility index (Phi) is 3.19. The summed E-state index contributed by atoms with van der Waals surface area (Å²) in [6.45, 7) is 1.71. The Labute approximate surface area is 120 Å². The van der Waals surface area contributed by atoms with Gasteiger partial charge >= 0.3 is 0 Å². The van der Waals surface area contributed by atoms with Crippen LogP contribution in [0.25, 0.3) is 0 Å². The van der Waals surface area contributed by atoms with Crippen molar-refractivity contribution in [2.24, 2.45) is 0 Å². The second-order valence-corrected chi connectivity index (χ2v) is 5.61. The van der Waals surface area contributed by atoms with Crippen molar-refractivity contribution < 1.29 is 4.39 Å². The van der Waals surface area contributed by atoms with Gasteiger partial charge in [0.1, 0.15) is 5.82 Å². The maximum absolute atomic E-state index is 13.1. The smallest absolute Gasteiger partial charge is 0.124 e. The van der Waals surface area contributed by atoms with E-state index in [1.165, 1.54) is 23.4 Å². The highest BCUT2D eigenvalue weighted by molar-refractivity contribution is 9.10. The minimum Gasteiger partial charge on any atom is -0.398 e. The molecule has 0 fully saturated rings. The van der Waals surface area contributed by atoms with E-state index in [9.17, 15) is 4.39 Å². The summed E-state index contributed by atoms with van der Waals surface area (Å²) in [4.78, 5) is 2.28. The molecule has 4 heteroatoms. The number of hydrogen-bond donors (Lipinski definition) is 1. The van der Waals surface area contributed by atoms with Gasteiger partial charge in [0, 0.05) is 34.5 Å². The molecule has 0 aromatic heterocycles. The van der Waals surface area contributed by atoms with Crippen LogP contribution in [-0.4, -0.2) is 6.54 Å². The van der Waals surface area contributed by atoms with Crippen molar-refractivity contribution in [2.75, 3.05) is 17.2 Å². The summed E-state index contributed by atoms with van der Waals surface area (Å²) in [6, 6.07) is 10.8. The Hall–Kier alpha value is -1.55. The van der Waals surface area contributed by atoms with Crippen LogP contribution in [0.4, 0.5) is 15.8 Å². The van der Waals surface area contributed by atoms with Crippen LogP contribution >= 0.6 is 15.9 Å². The third-order valence-corrected chi connectivity index (χ3v) is 4.27. The molecule has 0 atom stereocenters. The summed E-state index contributed by atoms with van der Waals surface area (Å²) < 4.78 is 13.9. The van der Waals surface area contributed by atoms with Gasteiger partial charge in [-0.15, -0.1) is 0 Å². The molecule has 0 unspecified atom stereocenters. The molecule has 0 aliphatic carbocycles. The van der Waals surface area contributed by atoms with Crippen molar-refractivity contribution in [1.82, 2.24) is 0 Å². The lowest BCUT2D eigenvalue weighted by Gasteiger charge is -2.20. The van der Waals surface area contributed by atoms with Gasteiger partial charge < -0.3 is 10.6 Å². The zero-order valence-electron chi connectivity index (χ0n) is 10.4. The van der Waals surface area contributed by atoms with Gasteiger partial charge in [-0.3, -0.25) is 0 Å². The van der Waals surface area contributed by atoms with E-state index < -0.39 is 0 Å². The number of nitrogen functional groups attached to an aromatic ring is 1. The zero-order chi connectivity index (χ0) is 13.4. The predicted molar refractivity (Wildman–Crippen MR) is 79.7 cm³/mol. The molecule has 0 amide bonds. The van der Waals surface area contributed by atoms with Crippen LogP contribution in [0.3, 0.4) is 0 Å². The molecule has 0 radical (unpaired) electrons. The Morgan fingerprint density at radius 1 is 1.26 bits per heavy atom. The van der Waals surface area contributed by atoms with E-state index in [0.29, 0.717) is 0 Å². The Bertz CT molecular complexity index is 628. The van der Waals surface area contributed by atoms with Gasteiger partial charge in [-0.1, -0.05) is 28.1 Å². The molecule has 2 nitrogen and oxygen atoms in total. The van der Waals surface area contributed by atoms with Crippen LogP contribution in [0.2, 0.25) is 0 Å². The summed E-state index contributed by atoms with van der Waals surface area (Å²) in [7, 11) is 0. The lowest BCUT2D eigenvalue weighted by molar-refractivity contribution is 0.625. The maximum Gasteiger partial charge on any atom is 0.124 e. The summed E-state index contributed by atoms with van der Waals surface area (Å²) >= 11 is 3.42. The molecule has 0 bridgehead atoms. The van der Waals surface area contributed by atoms with Crippen molar-refractivity contribution >= 4 is 27.3 Å². The van der Waals surface area contributed by atoms with Gasteiger partial charge in [0.25, 0.3) is 0 Å².